The monoisotopic (exact) mass is 276 g/mol. The maximum absolute atomic E-state index is 12.4. The van der Waals surface area contributed by atoms with Gasteiger partial charge in [-0.25, -0.2) is 9.78 Å². The van der Waals surface area contributed by atoms with E-state index in [1.807, 2.05) is 4.90 Å². The zero-order chi connectivity index (χ0) is 14.8. The van der Waals surface area contributed by atoms with Crippen LogP contribution in [-0.2, 0) is 0 Å². The Morgan fingerprint density at radius 3 is 2.65 bits per heavy atom. The Bertz CT molecular complexity index is 524. The summed E-state index contributed by atoms with van der Waals surface area (Å²) < 4.78 is 0. The Labute approximate surface area is 118 Å². The smallest absolute Gasteiger partial charge is 0.354 e. The number of rotatable bonds is 4. The highest BCUT2D eigenvalue weighted by Crippen LogP contribution is 2.37. The molecule has 0 unspecified atom stereocenters. The van der Waals surface area contributed by atoms with E-state index in [2.05, 4.69) is 18.8 Å². The number of hydrogen-bond donors (Lipinski definition) is 1. The molecule has 0 radical (unpaired) electrons. The first-order valence-electron chi connectivity index (χ1n) is 7.00. The molecular weight excluding hydrogens is 256 g/mol. The zero-order valence-corrected chi connectivity index (χ0v) is 11.9. The number of carbonyl (C=O) groups is 2. The van der Waals surface area contributed by atoms with Crippen LogP contribution in [0.4, 0.5) is 0 Å². The number of carboxylic acids is 1. The molecule has 108 valence electrons. The lowest BCUT2D eigenvalue weighted by Gasteiger charge is -2.26. The molecule has 0 aromatic carbocycles. The number of pyridine rings is 1. The molecule has 20 heavy (non-hydrogen) atoms. The molecule has 1 N–H and O–H groups in total. The minimum atomic E-state index is -1.11. The first-order chi connectivity index (χ1) is 9.51. The van der Waals surface area contributed by atoms with Gasteiger partial charge in [-0.2, -0.15) is 0 Å². The lowest BCUT2D eigenvalue weighted by molar-refractivity contribution is 0.0690. The Kier molecular flexibility index (Phi) is 4.06. The predicted molar refractivity (Wildman–Crippen MR) is 74.7 cm³/mol. The third-order valence-electron chi connectivity index (χ3n) is 4.45. The maximum atomic E-state index is 12.4. The number of carbonyl (C=O) groups excluding carboxylic acids is 1. The molecule has 1 aromatic heterocycles. The van der Waals surface area contributed by atoms with Crippen LogP contribution in [0.25, 0.3) is 0 Å². The van der Waals surface area contributed by atoms with Crippen molar-refractivity contribution in [2.75, 3.05) is 13.1 Å². The van der Waals surface area contributed by atoms with Crippen molar-refractivity contribution in [3.8, 4) is 0 Å². The predicted octanol–water partition coefficient (Wildman–Crippen LogP) is 2.43. The molecule has 1 amide bonds. The van der Waals surface area contributed by atoms with Crippen molar-refractivity contribution in [1.82, 2.24) is 9.88 Å². The summed E-state index contributed by atoms with van der Waals surface area (Å²) in [7, 11) is 0. The number of carboxylic acid groups (broad SMARTS) is 1. The fourth-order valence-corrected chi connectivity index (χ4v) is 2.80. The van der Waals surface area contributed by atoms with Gasteiger partial charge in [-0.3, -0.25) is 4.79 Å². The molecule has 5 nitrogen and oxygen atoms in total. The average Bonchev–Trinajstić information content (AvgIpc) is 2.91. The summed E-state index contributed by atoms with van der Waals surface area (Å²) in [6.45, 7) is 5.81. The minimum absolute atomic E-state index is 0.0905. The molecule has 2 rings (SSSR count). The third-order valence-corrected chi connectivity index (χ3v) is 4.45. The van der Waals surface area contributed by atoms with Gasteiger partial charge in [-0.05, 0) is 36.8 Å². The number of likely N-dealkylation sites (tertiary alicyclic amines) is 1. The van der Waals surface area contributed by atoms with Gasteiger partial charge < -0.3 is 10.0 Å². The van der Waals surface area contributed by atoms with Crippen LogP contribution in [0, 0.1) is 5.41 Å². The van der Waals surface area contributed by atoms with Crippen LogP contribution in [0.5, 0.6) is 0 Å². The van der Waals surface area contributed by atoms with Gasteiger partial charge in [0.15, 0.2) is 0 Å². The van der Waals surface area contributed by atoms with Gasteiger partial charge in [-0.15, -0.1) is 0 Å². The van der Waals surface area contributed by atoms with Crippen molar-refractivity contribution in [2.45, 2.75) is 33.1 Å². The van der Waals surface area contributed by atoms with E-state index < -0.39 is 5.97 Å². The highest BCUT2D eigenvalue weighted by Gasteiger charge is 2.37. The van der Waals surface area contributed by atoms with E-state index in [0.29, 0.717) is 5.56 Å². The van der Waals surface area contributed by atoms with Gasteiger partial charge in [0, 0.05) is 24.8 Å². The van der Waals surface area contributed by atoms with Crippen LogP contribution in [0.15, 0.2) is 18.3 Å². The summed E-state index contributed by atoms with van der Waals surface area (Å²) in [6.07, 6.45) is 4.51. The van der Waals surface area contributed by atoms with Gasteiger partial charge in [0.1, 0.15) is 5.69 Å². The normalized spacial score (nSPS) is 17.2. The molecule has 0 atom stereocenters. The zero-order valence-electron chi connectivity index (χ0n) is 11.9. The van der Waals surface area contributed by atoms with Crippen LogP contribution in [0.2, 0.25) is 0 Å². The number of aromatic carboxylic acids is 1. The molecule has 2 heterocycles. The lowest BCUT2D eigenvalue weighted by Crippen LogP contribution is -2.32. The van der Waals surface area contributed by atoms with E-state index in [9.17, 15) is 9.59 Å². The molecule has 5 heteroatoms. The molecule has 0 saturated carbocycles. The summed E-state index contributed by atoms with van der Waals surface area (Å²) in [4.78, 5) is 28.9. The summed E-state index contributed by atoms with van der Waals surface area (Å²) in [6, 6.07) is 2.93. The highest BCUT2D eigenvalue weighted by atomic mass is 16.4. The van der Waals surface area contributed by atoms with Gasteiger partial charge in [0.2, 0.25) is 0 Å². The molecule has 1 saturated heterocycles. The van der Waals surface area contributed by atoms with Crippen LogP contribution in [-0.4, -0.2) is 40.0 Å². The second kappa shape index (κ2) is 5.61. The second-order valence-electron chi connectivity index (χ2n) is 5.42. The van der Waals surface area contributed by atoms with Crippen molar-refractivity contribution < 1.29 is 14.7 Å². The SMILES string of the molecule is CCC1(CC)CCN(C(=O)c2ccnc(C(=O)O)c2)C1. The Morgan fingerprint density at radius 1 is 1.40 bits per heavy atom. The topological polar surface area (TPSA) is 70.5 Å². The molecule has 0 aliphatic carbocycles. The minimum Gasteiger partial charge on any atom is -0.477 e. The Morgan fingerprint density at radius 2 is 2.10 bits per heavy atom. The van der Waals surface area contributed by atoms with Crippen LogP contribution in [0.3, 0.4) is 0 Å². The van der Waals surface area contributed by atoms with E-state index in [4.69, 9.17) is 5.11 Å². The van der Waals surface area contributed by atoms with E-state index in [1.54, 1.807) is 6.07 Å². The Balaban J connectivity index is 2.17. The van der Waals surface area contributed by atoms with E-state index in [-0.39, 0.29) is 17.0 Å². The molecular formula is C15H20N2O3. The summed E-state index contributed by atoms with van der Waals surface area (Å²) in [5.74, 6) is -1.21. The third kappa shape index (κ3) is 2.66. The number of nitrogens with zero attached hydrogens (tertiary/aromatic N) is 2. The van der Waals surface area contributed by atoms with Gasteiger partial charge >= 0.3 is 5.97 Å². The highest BCUT2D eigenvalue weighted by molar-refractivity contribution is 5.96. The van der Waals surface area contributed by atoms with Crippen molar-refractivity contribution in [3.05, 3.63) is 29.6 Å². The van der Waals surface area contributed by atoms with E-state index >= 15 is 0 Å². The van der Waals surface area contributed by atoms with E-state index in [0.717, 1.165) is 32.4 Å². The van der Waals surface area contributed by atoms with Gasteiger partial charge in [0.25, 0.3) is 5.91 Å². The maximum Gasteiger partial charge on any atom is 0.354 e. The van der Waals surface area contributed by atoms with Crippen LogP contribution < -0.4 is 0 Å². The number of amides is 1. The molecule has 1 aliphatic heterocycles. The molecule has 1 fully saturated rings. The van der Waals surface area contributed by atoms with Gasteiger partial charge in [0.05, 0.1) is 0 Å². The lowest BCUT2D eigenvalue weighted by atomic mass is 9.82. The number of hydrogen-bond acceptors (Lipinski definition) is 3. The summed E-state index contributed by atoms with van der Waals surface area (Å²) >= 11 is 0. The fraction of sp³-hybridized carbons (Fsp3) is 0.533. The van der Waals surface area contributed by atoms with Crippen LogP contribution >= 0.6 is 0 Å². The summed E-state index contributed by atoms with van der Waals surface area (Å²) in [5, 5.41) is 8.93. The molecule has 1 aliphatic rings. The standard InChI is InChI=1S/C15H20N2O3/c1-3-15(4-2)6-8-17(10-15)13(18)11-5-7-16-12(9-11)14(19)20/h5,7,9H,3-4,6,8,10H2,1-2H3,(H,19,20). The van der Waals surface area contributed by atoms with Crippen molar-refractivity contribution >= 4 is 11.9 Å². The van der Waals surface area contributed by atoms with Crippen molar-refractivity contribution in [2.24, 2.45) is 5.41 Å². The number of aromatic nitrogens is 1. The Hall–Kier alpha value is -1.91. The quantitative estimate of drug-likeness (QED) is 0.917. The molecule has 1 aromatic rings. The van der Waals surface area contributed by atoms with Crippen molar-refractivity contribution in [1.29, 1.82) is 0 Å². The first kappa shape index (κ1) is 14.5. The summed E-state index contributed by atoms with van der Waals surface area (Å²) in [5.41, 5.74) is 0.533. The molecule has 0 spiro atoms. The van der Waals surface area contributed by atoms with Crippen molar-refractivity contribution in [3.63, 3.8) is 0 Å². The average molecular weight is 276 g/mol. The van der Waals surface area contributed by atoms with Gasteiger partial charge in [-0.1, -0.05) is 13.8 Å². The first-order valence-corrected chi connectivity index (χ1v) is 7.00. The van der Waals surface area contributed by atoms with Crippen LogP contribution in [0.1, 0.15) is 54.0 Å². The fourth-order valence-electron chi connectivity index (χ4n) is 2.80. The van der Waals surface area contributed by atoms with E-state index in [1.165, 1.54) is 12.3 Å². The largest absolute Gasteiger partial charge is 0.477 e. The second-order valence-corrected chi connectivity index (χ2v) is 5.42. The molecule has 0 bridgehead atoms.